The number of hydrogen-bond acceptors (Lipinski definition) is 4. The summed E-state index contributed by atoms with van der Waals surface area (Å²) in [4.78, 5) is 16.6. The Labute approximate surface area is 137 Å². The maximum atomic E-state index is 12.4. The number of piperazine rings is 1. The number of amides is 1. The summed E-state index contributed by atoms with van der Waals surface area (Å²) >= 11 is 0. The van der Waals surface area contributed by atoms with Gasteiger partial charge in [0.25, 0.3) is 0 Å². The van der Waals surface area contributed by atoms with Crippen LogP contribution in [0.2, 0.25) is 0 Å². The van der Waals surface area contributed by atoms with Crippen LogP contribution in [0.5, 0.6) is 0 Å². The fourth-order valence-electron chi connectivity index (χ4n) is 3.40. The molecular weight excluding hydrogens is 304 g/mol. The number of halogens is 1. The SMILES string of the molecule is Cl.O=C(C1CCCC1)N1CCN(CC(O)c2ccco2)CC1. The molecule has 1 saturated heterocycles. The van der Waals surface area contributed by atoms with Gasteiger partial charge >= 0.3 is 0 Å². The van der Waals surface area contributed by atoms with Crippen LogP contribution in [0.1, 0.15) is 37.5 Å². The first-order chi connectivity index (χ1) is 10.2. The Hall–Kier alpha value is -1.04. The normalized spacial score (nSPS) is 21.6. The first-order valence-corrected chi connectivity index (χ1v) is 7.96. The molecule has 124 valence electrons. The summed E-state index contributed by atoms with van der Waals surface area (Å²) in [6.45, 7) is 3.78. The van der Waals surface area contributed by atoms with Crippen molar-refractivity contribution in [1.82, 2.24) is 9.80 Å². The molecule has 1 N–H and O–H groups in total. The van der Waals surface area contributed by atoms with Gasteiger partial charge in [-0.15, -0.1) is 12.4 Å². The summed E-state index contributed by atoms with van der Waals surface area (Å²) in [6, 6.07) is 3.58. The zero-order chi connectivity index (χ0) is 14.7. The second-order valence-corrected chi connectivity index (χ2v) is 6.14. The average molecular weight is 329 g/mol. The van der Waals surface area contributed by atoms with E-state index in [-0.39, 0.29) is 18.3 Å². The van der Waals surface area contributed by atoms with Crippen LogP contribution in [0.3, 0.4) is 0 Å². The molecule has 1 amide bonds. The van der Waals surface area contributed by atoms with Crippen molar-refractivity contribution in [2.75, 3.05) is 32.7 Å². The number of rotatable bonds is 4. The molecule has 1 atom stereocenters. The lowest BCUT2D eigenvalue weighted by Gasteiger charge is -2.36. The molecule has 1 saturated carbocycles. The van der Waals surface area contributed by atoms with E-state index in [9.17, 15) is 9.90 Å². The molecule has 2 heterocycles. The lowest BCUT2D eigenvalue weighted by atomic mass is 10.1. The molecule has 1 aromatic rings. The predicted octanol–water partition coefficient (Wildman–Crippen LogP) is 2.07. The summed E-state index contributed by atoms with van der Waals surface area (Å²) in [7, 11) is 0. The number of aliphatic hydroxyl groups is 1. The van der Waals surface area contributed by atoms with Gasteiger partial charge in [0.15, 0.2) is 0 Å². The fourth-order valence-corrected chi connectivity index (χ4v) is 3.40. The lowest BCUT2D eigenvalue weighted by molar-refractivity contribution is -0.137. The Bertz CT molecular complexity index is 452. The van der Waals surface area contributed by atoms with Crippen LogP contribution < -0.4 is 0 Å². The van der Waals surface area contributed by atoms with Gasteiger partial charge in [0.1, 0.15) is 11.9 Å². The van der Waals surface area contributed by atoms with Crippen LogP contribution in [-0.2, 0) is 4.79 Å². The zero-order valence-electron chi connectivity index (χ0n) is 12.8. The van der Waals surface area contributed by atoms with Crippen molar-refractivity contribution < 1.29 is 14.3 Å². The van der Waals surface area contributed by atoms with E-state index in [1.165, 1.54) is 12.8 Å². The highest BCUT2D eigenvalue weighted by Crippen LogP contribution is 2.27. The van der Waals surface area contributed by atoms with E-state index in [1.807, 2.05) is 4.90 Å². The maximum Gasteiger partial charge on any atom is 0.225 e. The molecule has 0 bridgehead atoms. The molecule has 1 aromatic heterocycles. The summed E-state index contributed by atoms with van der Waals surface area (Å²) in [5.74, 6) is 1.23. The minimum atomic E-state index is -0.586. The Morgan fingerprint density at radius 2 is 1.95 bits per heavy atom. The molecule has 1 aliphatic carbocycles. The van der Waals surface area contributed by atoms with Crippen molar-refractivity contribution in [2.45, 2.75) is 31.8 Å². The highest BCUT2D eigenvalue weighted by Gasteiger charge is 2.29. The Kier molecular flexibility index (Phi) is 6.29. The van der Waals surface area contributed by atoms with Crippen molar-refractivity contribution in [3.63, 3.8) is 0 Å². The number of aliphatic hydroxyl groups excluding tert-OH is 1. The standard InChI is InChI=1S/C16H24N2O3.ClH/c19-14(15-6-3-11-21-15)12-17-7-9-18(10-8-17)16(20)13-4-1-2-5-13;/h3,6,11,13-14,19H,1-2,4-5,7-10,12H2;1H. The van der Waals surface area contributed by atoms with Gasteiger partial charge in [-0.25, -0.2) is 0 Å². The summed E-state index contributed by atoms with van der Waals surface area (Å²) < 4.78 is 5.22. The average Bonchev–Trinajstić information content (AvgIpc) is 3.20. The van der Waals surface area contributed by atoms with Crippen LogP contribution in [0.4, 0.5) is 0 Å². The minimum absolute atomic E-state index is 0. The number of nitrogens with zero attached hydrogens (tertiary/aromatic N) is 2. The molecule has 22 heavy (non-hydrogen) atoms. The Morgan fingerprint density at radius 1 is 1.27 bits per heavy atom. The highest BCUT2D eigenvalue weighted by atomic mass is 35.5. The molecule has 2 aliphatic rings. The Morgan fingerprint density at radius 3 is 2.55 bits per heavy atom. The molecule has 2 fully saturated rings. The van der Waals surface area contributed by atoms with E-state index in [0.29, 0.717) is 18.2 Å². The first kappa shape index (κ1) is 17.3. The van der Waals surface area contributed by atoms with Crippen LogP contribution >= 0.6 is 12.4 Å². The molecular formula is C16H25ClN2O3. The van der Waals surface area contributed by atoms with Crippen LogP contribution in [0, 0.1) is 5.92 Å². The maximum absolute atomic E-state index is 12.4. The number of hydrogen-bond donors (Lipinski definition) is 1. The van der Waals surface area contributed by atoms with Crippen LogP contribution in [0.15, 0.2) is 22.8 Å². The van der Waals surface area contributed by atoms with Crippen molar-refractivity contribution in [3.8, 4) is 0 Å². The van der Waals surface area contributed by atoms with Crippen molar-refractivity contribution in [1.29, 1.82) is 0 Å². The molecule has 0 aromatic carbocycles. The van der Waals surface area contributed by atoms with E-state index < -0.39 is 6.10 Å². The third-order valence-electron chi connectivity index (χ3n) is 4.69. The fraction of sp³-hybridized carbons (Fsp3) is 0.688. The van der Waals surface area contributed by atoms with Gasteiger partial charge in [-0.2, -0.15) is 0 Å². The summed E-state index contributed by atoms with van der Waals surface area (Å²) in [5.41, 5.74) is 0. The smallest absolute Gasteiger partial charge is 0.225 e. The second-order valence-electron chi connectivity index (χ2n) is 6.14. The number of carbonyl (C=O) groups excluding carboxylic acids is 1. The molecule has 5 nitrogen and oxygen atoms in total. The van der Waals surface area contributed by atoms with Gasteiger partial charge in [-0.1, -0.05) is 12.8 Å². The largest absolute Gasteiger partial charge is 0.467 e. The van der Waals surface area contributed by atoms with E-state index in [1.54, 1.807) is 18.4 Å². The molecule has 0 radical (unpaired) electrons. The van der Waals surface area contributed by atoms with Gasteiger partial charge in [0.2, 0.25) is 5.91 Å². The molecule has 3 rings (SSSR count). The van der Waals surface area contributed by atoms with E-state index in [2.05, 4.69) is 4.90 Å². The quantitative estimate of drug-likeness (QED) is 0.919. The van der Waals surface area contributed by atoms with E-state index in [0.717, 1.165) is 39.0 Å². The highest BCUT2D eigenvalue weighted by molar-refractivity contribution is 5.85. The lowest BCUT2D eigenvalue weighted by Crippen LogP contribution is -2.50. The van der Waals surface area contributed by atoms with Crippen molar-refractivity contribution >= 4 is 18.3 Å². The van der Waals surface area contributed by atoms with Gasteiger partial charge in [-0.05, 0) is 25.0 Å². The summed E-state index contributed by atoms with van der Waals surface area (Å²) in [5, 5.41) is 10.1. The van der Waals surface area contributed by atoms with Gasteiger partial charge in [0, 0.05) is 38.6 Å². The number of β-amino-alcohol motifs (C(OH)–C–C–N with tert-alkyl or cyclic N) is 1. The van der Waals surface area contributed by atoms with Crippen LogP contribution in [0.25, 0.3) is 0 Å². The predicted molar refractivity (Wildman–Crippen MR) is 85.9 cm³/mol. The van der Waals surface area contributed by atoms with E-state index >= 15 is 0 Å². The second kappa shape index (κ2) is 7.99. The Balaban J connectivity index is 0.00000176. The topological polar surface area (TPSA) is 56.9 Å². The third-order valence-corrected chi connectivity index (χ3v) is 4.69. The van der Waals surface area contributed by atoms with Crippen molar-refractivity contribution in [3.05, 3.63) is 24.2 Å². The van der Waals surface area contributed by atoms with Crippen molar-refractivity contribution in [2.24, 2.45) is 5.92 Å². The van der Waals surface area contributed by atoms with Crippen LogP contribution in [-0.4, -0.2) is 53.5 Å². The molecule has 6 heteroatoms. The monoisotopic (exact) mass is 328 g/mol. The summed E-state index contributed by atoms with van der Waals surface area (Å²) in [6.07, 6.45) is 5.53. The van der Waals surface area contributed by atoms with E-state index in [4.69, 9.17) is 4.42 Å². The van der Waals surface area contributed by atoms with Gasteiger partial charge < -0.3 is 14.4 Å². The van der Waals surface area contributed by atoms with Gasteiger partial charge in [0.05, 0.1) is 6.26 Å². The molecule has 0 spiro atoms. The molecule has 1 aliphatic heterocycles. The molecule has 1 unspecified atom stereocenters. The number of furan rings is 1. The first-order valence-electron chi connectivity index (χ1n) is 7.96. The zero-order valence-corrected chi connectivity index (χ0v) is 13.6. The third kappa shape index (κ3) is 4.03. The number of carbonyl (C=O) groups is 1. The minimum Gasteiger partial charge on any atom is -0.467 e. The van der Waals surface area contributed by atoms with Gasteiger partial charge in [-0.3, -0.25) is 9.69 Å².